The molecule has 2 heterocycles. The first-order chi connectivity index (χ1) is 7.84. The van der Waals surface area contributed by atoms with Crippen LogP contribution in [0.5, 0.6) is 0 Å². The minimum absolute atomic E-state index is 0. The monoisotopic (exact) mass is 274 g/mol. The summed E-state index contributed by atoms with van der Waals surface area (Å²) in [7, 11) is 0. The number of amides is 1. The van der Waals surface area contributed by atoms with E-state index in [1.165, 1.54) is 12.8 Å². The van der Waals surface area contributed by atoms with Crippen LogP contribution >= 0.6 is 23.7 Å². The van der Waals surface area contributed by atoms with Gasteiger partial charge < -0.3 is 10.6 Å². The Morgan fingerprint density at radius 2 is 2.47 bits per heavy atom. The predicted molar refractivity (Wildman–Crippen MR) is 73.9 cm³/mol. The lowest BCUT2D eigenvalue weighted by Crippen LogP contribution is -2.31. The lowest BCUT2D eigenvalue weighted by Gasteiger charge is -2.10. The molecule has 5 heteroatoms. The van der Waals surface area contributed by atoms with Crippen molar-refractivity contribution in [2.75, 3.05) is 13.1 Å². The van der Waals surface area contributed by atoms with Crippen molar-refractivity contribution in [3.05, 3.63) is 22.4 Å². The zero-order valence-electron chi connectivity index (χ0n) is 9.78. The van der Waals surface area contributed by atoms with E-state index in [9.17, 15) is 4.79 Å². The molecule has 17 heavy (non-hydrogen) atoms. The maximum atomic E-state index is 11.6. The van der Waals surface area contributed by atoms with Gasteiger partial charge in [-0.1, -0.05) is 0 Å². The Balaban J connectivity index is 0.00000144. The van der Waals surface area contributed by atoms with Gasteiger partial charge in [0.25, 0.3) is 0 Å². The molecular formula is C12H19ClN2OS. The van der Waals surface area contributed by atoms with Crippen LogP contribution in [-0.4, -0.2) is 25.0 Å². The fourth-order valence-electron chi connectivity index (χ4n) is 2.03. The van der Waals surface area contributed by atoms with Gasteiger partial charge in [-0.3, -0.25) is 4.79 Å². The maximum absolute atomic E-state index is 11.6. The Morgan fingerprint density at radius 3 is 3.12 bits per heavy atom. The molecule has 0 aliphatic carbocycles. The summed E-state index contributed by atoms with van der Waals surface area (Å²) in [4.78, 5) is 11.6. The minimum atomic E-state index is 0. The van der Waals surface area contributed by atoms with Crippen molar-refractivity contribution in [2.45, 2.75) is 31.7 Å². The summed E-state index contributed by atoms with van der Waals surface area (Å²) in [6.07, 6.45) is 4.09. The number of carbonyl (C=O) groups is 1. The third-order valence-corrected chi connectivity index (χ3v) is 3.65. The molecule has 3 nitrogen and oxygen atoms in total. The average molecular weight is 275 g/mol. The highest BCUT2D eigenvalue weighted by molar-refractivity contribution is 7.07. The van der Waals surface area contributed by atoms with Crippen molar-refractivity contribution < 1.29 is 4.79 Å². The lowest BCUT2D eigenvalue weighted by molar-refractivity contribution is -0.120. The van der Waals surface area contributed by atoms with Gasteiger partial charge in [-0.2, -0.15) is 11.3 Å². The standard InChI is InChI=1S/C12H18N2OS.ClH/c15-12(8-10-4-7-16-9-10)14-6-3-11-2-1-5-13-11;/h4,7,9,11,13H,1-3,5-6,8H2,(H,14,15);1H/t11-;/m1./s1. The van der Waals surface area contributed by atoms with Crippen molar-refractivity contribution >= 4 is 29.7 Å². The van der Waals surface area contributed by atoms with Crippen LogP contribution < -0.4 is 10.6 Å². The maximum Gasteiger partial charge on any atom is 0.224 e. The molecule has 1 saturated heterocycles. The zero-order valence-corrected chi connectivity index (χ0v) is 11.4. The molecule has 1 atom stereocenters. The Hall–Kier alpha value is -0.580. The third kappa shape index (κ3) is 5.06. The van der Waals surface area contributed by atoms with Gasteiger partial charge in [0.1, 0.15) is 0 Å². The molecule has 2 rings (SSSR count). The second-order valence-corrected chi connectivity index (χ2v) is 5.02. The third-order valence-electron chi connectivity index (χ3n) is 2.92. The van der Waals surface area contributed by atoms with Gasteiger partial charge in [-0.15, -0.1) is 12.4 Å². The Kier molecular flexibility index (Phi) is 6.55. The van der Waals surface area contributed by atoms with Crippen LogP contribution in [0.25, 0.3) is 0 Å². The van der Waals surface area contributed by atoms with Crippen molar-refractivity contribution in [3.63, 3.8) is 0 Å². The molecule has 0 spiro atoms. The van der Waals surface area contributed by atoms with Crippen molar-refractivity contribution in [2.24, 2.45) is 0 Å². The summed E-state index contributed by atoms with van der Waals surface area (Å²) < 4.78 is 0. The highest BCUT2D eigenvalue weighted by Crippen LogP contribution is 2.08. The van der Waals surface area contributed by atoms with E-state index in [0.29, 0.717) is 12.5 Å². The fourth-order valence-corrected chi connectivity index (χ4v) is 2.70. The summed E-state index contributed by atoms with van der Waals surface area (Å²) in [5.41, 5.74) is 1.11. The molecule has 2 N–H and O–H groups in total. The quantitative estimate of drug-likeness (QED) is 0.862. The summed E-state index contributed by atoms with van der Waals surface area (Å²) in [6.45, 7) is 1.92. The normalized spacial score (nSPS) is 18.7. The first kappa shape index (κ1) is 14.5. The smallest absolute Gasteiger partial charge is 0.224 e. The first-order valence-electron chi connectivity index (χ1n) is 5.86. The Labute approximate surface area is 112 Å². The van der Waals surface area contributed by atoms with Crippen molar-refractivity contribution in [3.8, 4) is 0 Å². The summed E-state index contributed by atoms with van der Waals surface area (Å²) in [5.74, 6) is 0.136. The van der Waals surface area contributed by atoms with Crippen LogP contribution in [0.2, 0.25) is 0 Å². The fraction of sp³-hybridized carbons (Fsp3) is 0.583. The Bertz CT molecular complexity index is 323. The van der Waals surface area contributed by atoms with Crippen LogP contribution in [0.4, 0.5) is 0 Å². The van der Waals surface area contributed by atoms with Gasteiger partial charge in [0.2, 0.25) is 5.91 Å². The number of carbonyl (C=O) groups excluding carboxylic acids is 1. The van der Waals surface area contributed by atoms with Crippen molar-refractivity contribution in [1.82, 2.24) is 10.6 Å². The Morgan fingerprint density at radius 1 is 1.59 bits per heavy atom. The number of hydrogen-bond acceptors (Lipinski definition) is 3. The summed E-state index contributed by atoms with van der Waals surface area (Å²) >= 11 is 1.64. The van der Waals surface area contributed by atoms with E-state index < -0.39 is 0 Å². The molecular weight excluding hydrogens is 256 g/mol. The van der Waals surface area contributed by atoms with E-state index in [2.05, 4.69) is 10.6 Å². The SMILES string of the molecule is Cl.O=C(Cc1ccsc1)NCC[C@H]1CCCN1. The molecule has 0 radical (unpaired) electrons. The summed E-state index contributed by atoms with van der Waals surface area (Å²) in [6, 6.07) is 2.62. The predicted octanol–water partition coefficient (Wildman–Crippen LogP) is 1.97. The number of nitrogens with one attached hydrogen (secondary N) is 2. The molecule has 1 aliphatic heterocycles. The lowest BCUT2D eigenvalue weighted by atomic mass is 10.1. The van der Waals surface area contributed by atoms with Gasteiger partial charge in [0, 0.05) is 12.6 Å². The number of hydrogen-bond donors (Lipinski definition) is 2. The largest absolute Gasteiger partial charge is 0.356 e. The molecule has 0 aromatic carbocycles. The van der Waals surface area contributed by atoms with Crippen LogP contribution in [0, 0.1) is 0 Å². The molecule has 0 saturated carbocycles. The number of thiophene rings is 1. The zero-order chi connectivity index (χ0) is 11.2. The number of halogens is 1. The van der Waals surface area contributed by atoms with Crippen LogP contribution in [0.3, 0.4) is 0 Å². The van der Waals surface area contributed by atoms with Gasteiger partial charge >= 0.3 is 0 Å². The average Bonchev–Trinajstić information content (AvgIpc) is 2.90. The van der Waals surface area contributed by atoms with Gasteiger partial charge in [-0.25, -0.2) is 0 Å². The molecule has 1 amide bonds. The molecule has 0 bridgehead atoms. The molecule has 96 valence electrons. The van der Waals surface area contributed by atoms with E-state index >= 15 is 0 Å². The molecule has 1 aliphatic rings. The molecule has 1 aromatic heterocycles. The van der Waals surface area contributed by atoms with E-state index in [4.69, 9.17) is 0 Å². The molecule has 1 aromatic rings. The van der Waals surface area contributed by atoms with E-state index in [-0.39, 0.29) is 18.3 Å². The topological polar surface area (TPSA) is 41.1 Å². The van der Waals surface area contributed by atoms with E-state index in [0.717, 1.165) is 25.1 Å². The van der Waals surface area contributed by atoms with Crippen LogP contribution in [0.1, 0.15) is 24.8 Å². The number of rotatable bonds is 5. The molecule has 1 fully saturated rings. The highest BCUT2D eigenvalue weighted by Gasteiger charge is 2.13. The highest BCUT2D eigenvalue weighted by atomic mass is 35.5. The second kappa shape index (κ2) is 7.69. The minimum Gasteiger partial charge on any atom is -0.356 e. The second-order valence-electron chi connectivity index (χ2n) is 4.24. The van der Waals surface area contributed by atoms with Crippen LogP contribution in [-0.2, 0) is 11.2 Å². The van der Waals surface area contributed by atoms with Gasteiger partial charge in [0.15, 0.2) is 0 Å². The van der Waals surface area contributed by atoms with Gasteiger partial charge in [-0.05, 0) is 48.2 Å². The van der Waals surface area contributed by atoms with Crippen LogP contribution in [0.15, 0.2) is 16.8 Å². The van der Waals surface area contributed by atoms with E-state index in [1.807, 2.05) is 16.8 Å². The first-order valence-corrected chi connectivity index (χ1v) is 6.80. The van der Waals surface area contributed by atoms with E-state index in [1.54, 1.807) is 11.3 Å². The summed E-state index contributed by atoms with van der Waals surface area (Å²) in [5, 5.41) is 10.4. The van der Waals surface area contributed by atoms with Crippen molar-refractivity contribution in [1.29, 1.82) is 0 Å². The molecule has 0 unspecified atom stereocenters. The van der Waals surface area contributed by atoms with Gasteiger partial charge in [0.05, 0.1) is 6.42 Å².